The minimum Gasteiger partial charge on any atom is -0.504 e. The van der Waals surface area contributed by atoms with Gasteiger partial charge in [-0.25, -0.2) is 4.79 Å². The molecule has 2 rings (SSSR count). The first-order valence-electron chi connectivity index (χ1n) is 5.32. The molecule has 18 heavy (non-hydrogen) atoms. The Morgan fingerprint density at radius 2 is 2.28 bits per heavy atom. The molecular formula is C12H13NO4S. The highest BCUT2D eigenvalue weighted by Gasteiger charge is 2.28. The van der Waals surface area contributed by atoms with Gasteiger partial charge in [0.2, 0.25) is 0 Å². The van der Waals surface area contributed by atoms with Crippen molar-refractivity contribution in [3.05, 3.63) is 23.8 Å². The molecule has 0 amide bonds. The quantitative estimate of drug-likeness (QED) is 0.839. The summed E-state index contributed by atoms with van der Waals surface area (Å²) in [5, 5.41) is 10.6. The van der Waals surface area contributed by atoms with Gasteiger partial charge in [-0.3, -0.25) is 4.99 Å². The molecule has 1 N–H and O–H groups in total. The van der Waals surface area contributed by atoms with Crippen LogP contribution in [0, 0.1) is 0 Å². The van der Waals surface area contributed by atoms with Gasteiger partial charge in [-0.05, 0) is 12.1 Å². The molecule has 6 heteroatoms. The maximum absolute atomic E-state index is 11.4. The number of para-hydroxylation sites is 1. The third kappa shape index (κ3) is 2.28. The van der Waals surface area contributed by atoms with E-state index in [-0.39, 0.29) is 11.7 Å². The molecule has 1 aliphatic rings. The van der Waals surface area contributed by atoms with Gasteiger partial charge in [-0.2, -0.15) is 0 Å². The lowest BCUT2D eigenvalue weighted by Gasteiger charge is -2.07. The van der Waals surface area contributed by atoms with Crippen molar-refractivity contribution in [2.45, 2.75) is 6.04 Å². The second-order valence-electron chi connectivity index (χ2n) is 3.64. The van der Waals surface area contributed by atoms with Crippen LogP contribution >= 0.6 is 11.8 Å². The summed E-state index contributed by atoms with van der Waals surface area (Å²) < 4.78 is 9.68. The summed E-state index contributed by atoms with van der Waals surface area (Å²) in [7, 11) is 2.82. The van der Waals surface area contributed by atoms with E-state index in [0.29, 0.717) is 22.1 Å². The maximum Gasteiger partial charge on any atom is 0.331 e. The Kier molecular flexibility index (Phi) is 3.76. The third-order valence-electron chi connectivity index (χ3n) is 2.57. The number of methoxy groups -OCH3 is 2. The van der Waals surface area contributed by atoms with Crippen molar-refractivity contribution in [1.82, 2.24) is 0 Å². The number of benzene rings is 1. The number of aliphatic imine (C=N–C) groups is 1. The molecular weight excluding hydrogens is 254 g/mol. The number of rotatable bonds is 3. The Labute approximate surface area is 109 Å². The van der Waals surface area contributed by atoms with E-state index in [0.717, 1.165) is 0 Å². The SMILES string of the molecule is COC(=O)C1CSC(c2cccc(OC)c2O)=N1. The van der Waals surface area contributed by atoms with Crippen LogP contribution in [0.5, 0.6) is 11.5 Å². The summed E-state index contributed by atoms with van der Waals surface area (Å²) in [5.74, 6) is 0.590. The summed E-state index contributed by atoms with van der Waals surface area (Å²) in [5.41, 5.74) is 0.575. The number of esters is 1. The second-order valence-corrected chi connectivity index (χ2v) is 4.65. The predicted molar refractivity (Wildman–Crippen MR) is 69.5 cm³/mol. The summed E-state index contributed by atoms with van der Waals surface area (Å²) in [6.07, 6.45) is 0. The lowest BCUT2D eigenvalue weighted by molar-refractivity contribution is -0.141. The molecule has 0 aliphatic carbocycles. The van der Waals surface area contributed by atoms with E-state index in [1.165, 1.54) is 26.0 Å². The number of thioether (sulfide) groups is 1. The molecule has 1 aromatic rings. The normalized spacial score (nSPS) is 18.3. The molecule has 96 valence electrons. The number of hydrogen-bond acceptors (Lipinski definition) is 6. The van der Waals surface area contributed by atoms with E-state index in [1.54, 1.807) is 18.2 Å². The molecule has 0 aromatic heterocycles. The molecule has 1 aromatic carbocycles. The number of hydrogen-bond donors (Lipinski definition) is 1. The predicted octanol–water partition coefficient (Wildman–Crippen LogP) is 1.44. The van der Waals surface area contributed by atoms with E-state index in [1.807, 2.05) is 0 Å². The molecule has 1 heterocycles. The Morgan fingerprint density at radius 3 is 2.94 bits per heavy atom. The first kappa shape index (κ1) is 12.8. The number of aromatic hydroxyl groups is 1. The van der Waals surface area contributed by atoms with Crippen LogP contribution in [0.3, 0.4) is 0 Å². The van der Waals surface area contributed by atoms with Crippen LogP contribution in [0.2, 0.25) is 0 Å². The summed E-state index contributed by atoms with van der Waals surface area (Å²) >= 11 is 1.41. The minimum atomic E-state index is -0.499. The number of phenolic OH excluding ortho intramolecular Hbond substituents is 1. The van der Waals surface area contributed by atoms with Gasteiger partial charge in [-0.15, -0.1) is 11.8 Å². The zero-order valence-corrected chi connectivity index (χ0v) is 10.9. The van der Waals surface area contributed by atoms with Crippen LogP contribution in [0.25, 0.3) is 0 Å². The molecule has 1 atom stereocenters. The molecule has 0 bridgehead atoms. The number of ether oxygens (including phenoxy) is 2. The molecule has 5 nitrogen and oxygen atoms in total. The van der Waals surface area contributed by atoms with Gasteiger partial charge in [0.25, 0.3) is 0 Å². The zero-order chi connectivity index (χ0) is 13.1. The smallest absolute Gasteiger partial charge is 0.331 e. The van der Waals surface area contributed by atoms with Crippen molar-refractivity contribution >= 4 is 22.8 Å². The first-order chi connectivity index (χ1) is 8.67. The third-order valence-corrected chi connectivity index (χ3v) is 3.65. The average molecular weight is 267 g/mol. The van der Waals surface area contributed by atoms with Crippen LogP contribution in [-0.4, -0.2) is 42.1 Å². The van der Waals surface area contributed by atoms with E-state index in [4.69, 9.17) is 4.74 Å². The van der Waals surface area contributed by atoms with Crippen LogP contribution in [0.1, 0.15) is 5.56 Å². The zero-order valence-electron chi connectivity index (χ0n) is 10.0. The summed E-state index contributed by atoms with van der Waals surface area (Å²) in [6.45, 7) is 0. The van der Waals surface area contributed by atoms with Gasteiger partial charge < -0.3 is 14.6 Å². The molecule has 0 spiro atoms. The largest absolute Gasteiger partial charge is 0.504 e. The monoisotopic (exact) mass is 267 g/mol. The number of phenols is 1. The maximum atomic E-state index is 11.4. The van der Waals surface area contributed by atoms with Gasteiger partial charge in [-0.1, -0.05) is 6.07 Å². The van der Waals surface area contributed by atoms with E-state index >= 15 is 0 Å². The summed E-state index contributed by atoms with van der Waals surface area (Å²) in [4.78, 5) is 15.6. The molecule has 0 radical (unpaired) electrons. The Morgan fingerprint density at radius 1 is 1.50 bits per heavy atom. The van der Waals surface area contributed by atoms with Crippen molar-refractivity contribution in [1.29, 1.82) is 0 Å². The second kappa shape index (κ2) is 5.30. The van der Waals surface area contributed by atoms with Crippen molar-refractivity contribution in [2.75, 3.05) is 20.0 Å². The lowest BCUT2D eigenvalue weighted by atomic mass is 10.2. The first-order valence-corrected chi connectivity index (χ1v) is 6.30. The molecule has 1 unspecified atom stereocenters. The van der Waals surface area contributed by atoms with Crippen LogP contribution in [0.4, 0.5) is 0 Å². The minimum absolute atomic E-state index is 0.0387. The molecule has 0 fully saturated rings. The highest BCUT2D eigenvalue weighted by Crippen LogP contribution is 2.34. The Bertz CT molecular complexity index is 501. The number of carbonyl (C=O) groups is 1. The average Bonchev–Trinajstić information content (AvgIpc) is 2.87. The van der Waals surface area contributed by atoms with Crippen molar-refractivity contribution in [3.63, 3.8) is 0 Å². The van der Waals surface area contributed by atoms with Crippen molar-refractivity contribution in [3.8, 4) is 11.5 Å². The molecule has 0 saturated carbocycles. The van der Waals surface area contributed by atoms with Gasteiger partial charge in [0, 0.05) is 5.75 Å². The van der Waals surface area contributed by atoms with Gasteiger partial charge in [0.15, 0.2) is 17.5 Å². The Balaban J connectivity index is 2.31. The molecule has 1 aliphatic heterocycles. The lowest BCUT2D eigenvalue weighted by Crippen LogP contribution is -2.19. The highest BCUT2D eigenvalue weighted by atomic mass is 32.2. The number of nitrogens with zero attached hydrogens (tertiary/aromatic N) is 1. The fourth-order valence-electron chi connectivity index (χ4n) is 1.64. The molecule has 0 saturated heterocycles. The number of carbonyl (C=O) groups excluding carboxylic acids is 1. The van der Waals surface area contributed by atoms with E-state index < -0.39 is 6.04 Å². The standard InChI is InChI=1S/C12H13NO4S/c1-16-9-5-3-4-7(10(9)14)11-13-8(6-18-11)12(15)17-2/h3-5,8,14H,6H2,1-2H3. The van der Waals surface area contributed by atoms with Gasteiger partial charge in [0.05, 0.1) is 19.8 Å². The van der Waals surface area contributed by atoms with Crippen molar-refractivity contribution in [2.24, 2.45) is 4.99 Å². The van der Waals surface area contributed by atoms with Crippen molar-refractivity contribution < 1.29 is 19.4 Å². The van der Waals surface area contributed by atoms with Crippen LogP contribution in [0.15, 0.2) is 23.2 Å². The van der Waals surface area contributed by atoms with Crippen LogP contribution < -0.4 is 4.74 Å². The fourth-order valence-corrected chi connectivity index (χ4v) is 2.69. The highest BCUT2D eigenvalue weighted by molar-refractivity contribution is 8.14. The van der Waals surface area contributed by atoms with Gasteiger partial charge >= 0.3 is 5.97 Å². The topological polar surface area (TPSA) is 68.1 Å². The van der Waals surface area contributed by atoms with E-state index in [2.05, 4.69) is 9.73 Å². The van der Waals surface area contributed by atoms with Gasteiger partial charge in [0.1, 0.15) is 5.04 Å². The van der Waals surface area contributed by atoms with E-state index in [9.17, 15) is 9.90 Å². The fraction of sp³-hybridized carbons (Fsp3) is 0.333. The van der Waals surface area contributed by atoms with Crippen LogP contribution in [-0.2, 0) is 9.53 Å². The Hall–Kier alpha value is -1.69. The summed E-state index contributed by atoms with van der Waals surface area (Å²) in [6, 6.07) is 4.67.